The highest BCUT2D eigenvalue weighted by Crippen LogP contribution is 2.35. The Morgan fingerprint density at radius 2 is 1.59 bits per heavy atom. The summed E-state index contributed by atoms with van der Waals surface area (Å²) in [6.07, 6.45) is 1.20. The maximum atomic E-state index is 15.3. The van der Waals surface area contributed by atoms with E-state index < -0.39 is 5.82 Å². The molecule has 0 saturated carbocycles. The molecule has 0 bridgehead atoms. The van der Waals surface area contributed by atoms with E-state index in [-0.39, 0.29) is 18.3 Å². The topological polar surface area (TPSA) is 130 Å². The van der Waals surface area contributed by atoms with Crippen molar-refractivity contribution in [1.29, 1.82) is 0 Å². The minimum atomic E-state index is -0.514. The molecule has 0 radical (unpaired) electrons. The predicted octanol–water partition coefficient (Wildman–Crippen LogP) is 9.05. The molecule has 1 fully saturated rings. The van der Waals surface area contributed by atoms with Gasteiger partial charge in [0.1, 0.15) is 11.6 Å². The number of nitrogens with zero attached hydrogens (tertiary/aromatic N) is 5. The second-order valence-corrected chi connectivity index (χ2v) is 18.6. The Labute approximate surface area is 406 Å². The van der Waals surface area contributed by atoms with Crippen molar-refractivity contribution in [3.63, 3.8) is 0 Å². The number of nitrogens with one attached hydrogen (secondary N) is 2. The van der Waals surface area contributed by atoms with E-state index in [1.807, 2.05) is 19.9 Å². The van der Waals surface area contributed by atoms with Crippen LogP contribution in [-0.4, -0.2) is 109 Å². The van der Waals surface area contributed by atoms with Crippen LogP contribution in [0.5, 0.6) is 5.75 Å². The number of amides is 1. The first-order valence-corrected chi connectivity index (χ1v) is 25.0. The van der Waals surface area contributed by atoms with Gasteiger partial charge in [-0.25, -0.2) is 9.37 Å². The SMILES string of the molecule is CCn1c2ccc(CNCCOCCOCCNC(=O)COc3ccc(CCc4nc5cc(-c6c(C)noc6C)ccc5n4CCN4CCOCC4)cc3F)cc2c2ccc(-c3cc(C)cs3)cc21. The van der Waals surface area contributed by atoms with Crippen LogP contribution in [0, 0.1) is 26.6 Å². The van der Waals surface area contributed by atoms with Gasteiger partial charge >= 0.3 is 0 Å². The van der Waals surface area contributed by atoms with Gasteiger partial charge in [-0.2, -0.15) is 0 Å². The van der Waals surface area contributed by atoms with Gasteiger partial charge in [0.15, 0.2) is 18.2 Å². The maximum absolute atomic E-state index is 15.3. The first-order valence-electron chi connectivity index (χ1n) is 24.1. The van der Waals surface area contributed by atoms with E-state index in [0.717, 1.165) is 97.5 Å². The van der Waals surface area contributed by atoms with Crippen molar-refractivity contribution >= 4 is 50.1 Å². The number of hydrogen-bond donors (Lipinski definition) is 2. The highest BCUT2D eigenvalue weighted by molar-refractivity contribution is 7.13. The molecule has 1 amide bonds. The quantitative estimate of drug-likeness (QED) is 0.0600. The van der Waals surface area contributed by atoms with Gasteiger partial charge in [-0.1, -0.05) is 35.5 Å². The van der Waals surface area contributed by atoms with Crippen LogP contribution in [0.1, 0.15) is 40.9 Å². The van der Waals surface area contributed by atoms with Crippen molar-refractivity contribution < 1.29 is 32.7 Å². The molecule has 2 N–H and O–H groups in total. The molecule has 0 aliphatic carbocycles. The van der Waals surface area contributed by atoms with Gasteiger partial charge in [0.05, 0.1) is 56.4 Å². The lowest BCUT2D eigenvalue weighted by atomic mass is 10.0. The number of fused-ring (bicyclic) bond motifs is 4. The Morgan fingerprint density at radius 3 is 2.36 bits per heavy atom. The van der Waals surface area contributed by atoms with E-state index in [0.29, 0.717) is 52.4 Å². The molecule has 69 heavy (non-hydrogen) atoms. The number of aryl methyl sites for hydroxylation is 6. The van der Waals surface area contributed by atoms with Crippen molar-refractivity contribution in [2.24, 2.45) is 0 Å². The number of thiophene rings is 1. The largest absolute Gasteiger partial charge is 0.481 e. The molecule has 5 heterocycles. The smallest absolute Gasteiger partial charge is 0.258 e. The number of benzene rings is 4. The highest BCUT2D eigenvalue weighted by Gasteiger charge is 2.19. The van der Waals surface area contributed by atoms with Crippen molar-refractivity contribution in [1.82, 2.24) is 34.8 Å². The fourth-order valence-electron chi connectivity index (χ4n) is 9.30. The molecule has 1 saturated heterocycles. The fraction of sp³-hybridized carbons (Fsp3) is 0.389. The molecule has 362 valence electrons. The summed E-state index contributed by atoms with van der Waals surface area (Å²) < 4.78 is 47.9. The lowest BCUT2D eigenvalue weighted by Gasteiger charge is -2.27. The van der Waals surface area contributed by atoms with Crippen molar-refractivity contribution in [3.05, 3.63) is 124 Å². The lowest BCUT2D eigenvalue weighted by molar-refractivity contribution is -0.123. The molecule has 0 unspecified atom stereocenters. The standard InChI is InChI=1S/C54H62FN7O6S/c1-5-61-47-12-6-40(29-44(47)43-11-9-41(32-49(43)61)51-28-36(2)35-69-51)33-56-16-22-64-26-27-65-23-17-57-53(63)34-67-50-14-7-39(30-45(50)55)8-15-52-58-46-31-42(54-37(3)59-68-38(54)4)10-13-48(46)62(52)19-18-60-20-24-66-25-21-60/h6-7,9-14,28-32,35,56H,5,8,15-27,33-34H2,1-4H3,(H,57,63). The van der Waals surface area contributed by atoms with E-state index in [2.05, 4.69) is 110 Å². The average molecular weight is 956 g/mol. The summed E-state index contributed by atoms with van der Waals surface area (Å²) in [5.74, 6) is 0.870. The Balaban J connectivity index is 0.667. The molecule has 4 aromatic heterocycles. The van der Waals surface area contributed by atoms with Crippen LogP contribution in [0.15, 0.2) is 88.8 Å². The molecule has 4 aromatic carbocycles. The Kier molecular flexibility index (Phi) is 15.8. The number of aromatic nitrogens is 4. The summed E-state index contributed by atoms with van der Waals surface area (Å²) in [4.78, 5) is 21.3. The molecule has 0 atom stereocenters. The van der Waals surface area contributed by atoms with E-state index in [9.17, 15) is 4.79 Å². The lowest BCUT2D eigenvalue weighted by Crippen LogP contribution is -2.38. The van der Waals surface area contributed by atoms with E-state index in [1.165, 1.54) is 49.4 Å². The molecular weight excluding hydrogens is 894 g/mol. The van der Waals surface area contributed by atoms with Gasteiger partial charge in [-0.3, -0.25) is 9.69 Å². The molecule has 1 aliphatic heterocycles. The number of morpholine rings is 1. The van der Waals surface area contributed by atoms with Crippen LogP contribution in [0.2, 0.25) is 0 Å². The number of rotatable bonds is 23. The number of ether oxygens (including phenoxy) is 4. The van der Waals surface area contributed by atoms with Crippen LogP contribution in [0.25, 0.3) is 54.4 Å². The van der Waals surface area contributed by atoms with Gasteiger partial charge in [0.25, 0.3) is 5.91 Å². The molecule has 15 heteroatoms. The Morgan fingerprint density at radius 1 is 0.797 bits per heavy atom. The third-order valence-corrected chi connectivity index (χ3v) is 13.9. The number of halogens is 1. The van der Waals surface area contributed by atoms with Crippen molar-refractivity contribution in [3.8, 4) is 27.3 Å². The van der Waals surface area contributed by atoms with Crippen LogP contribution < -0.4 is 15.4 Å². The summed E-state index contributed by atoms with van der Waals surface area (Å²) >= 11 is 1.79. The Hall–Kier alpha value is -5.94. The Bertz CT molecular complexity index is 3000. The first kappa shape index (κ1) is 48.1. The number of imidazole rings is 1. The zero-order valence-electron chi connectivity index (χ0n) is 40.1. The summed E-state index contributed by atoms with van der Waals surface area (Å²) in [5.41, 5.74) is 11.9. The molecular formula is C54H62FN7O6S. The van der Waals surface area contributed by atoms with Gasteiger partial charge in [-0.05, 0) is 116 Å². The molecule has 9 rings (SSSR count). The minimum Gasteiger partial charge on any atom is -0.481 e. The number of carbonyl (C=O) groups excluding carboxylic acids is 1. The summed E-state index contributed by atoms with van der Waals surface area (Å²) in [6.45, 7) is 17.3. The maximum Gasteiger partial charge on any atom is 0.258 e. The highest BCUT2D eigenvalue weighted by atomic mass is 32.1. The monoisotopic (exact) mass is 955 g/mol. The number of carbonyl (C=O) groups is 1. The van der Waals surface area contributed by atoms with Crippen LogP contribution >= 0.6 is 11.3 Å². The predicted molar refractivity (Wildman–Crippen MR) is 271 cm³/mol. The van der Waals surface area contributed by atoms with Crippen LogP contribution in [0.3, 0.4) is 0 Å². The first-order chi connectivity index (χ1) is 33.7. The van der Waals surface area contributed by atoms with Gasteiger partial charge < -0.3 is 43.2 Å². The zero-order chi connectivity index (χ0) is 47.7. The second kappa shape index (κ2) is 22.7. The minimum absolute atomic E-state index is 0.0291. The third-order valence-electron chi connectivity index (χ3n) is 12.8. The van der Waals surface area contributed by atoms with E-state index in [4.69, 9.17) is 28.5 Å². The van der Waals surface area contributed by atoms with E-state index >= 15 is 4.39 Å². The van der Waals surface area contributed by atoms with Crippen molar-refractivity contribution in [2.75, 3.05) is 79.0 Å². The second-order valence-electron chi connectivity index (χ2n) is 17.7. The van der Waals surface area contributed by atoms with Crippen LogP contribution in [0.4, 0.5) is 4.39 Å². The van der Waals surface area contributed by atoms with Crippen molar-refractivity contribution in [2.45, 2.75) is 60.2 Å². The summed E-state index contributed by atoms with van der Waals surface area (Å²) in [5, 5.41) is 15.2. The normalized spacial score (nSPS) is 13.3. The summed E-state index contributed by atoms with van der Waals surface area (Å²) in [7, 11) is 0. The van der Waals surface area contributed by atoms with Gasteiger partial charge in [-0.15, -0.1) is 11.3 Å². The number of hydrogen-bond acceptors (Lipinski definition) is 11. The molecule has 1 aliphatic rings. The fourth-order valence-corrected chi connectivity index (χ4v) is 10.2. The van der Waals surface area contributed by atoms with E-state index in [1.54, 1.807) is 17.4 Å². The molecule has 13 nitrogen and oxygen atoms in total. The third kappa shape index (κ3) is 11.6. The summed E-state index contributed by atoms with van der Waals surface area (Å²) in [6, 6.07) is 27.0. The van der Waals surface area contributed by atoms with Crippen LogP contribution in [-0.2, 0) is 51.5 Å². The molecule has 8 aromatic rings. The average Bonchev–Trinajstić information content (AvgIpc) is 4.13. The zero-order valence-corrected chi connectivity index (χ0v) is 40.9. The molecule has 0 spiro atoms. The van der Waals surface area contributed by atoms with Gasteiger partial charge in [0, 0.05) is 91.0 Å². The van der Waals surface area contributed by atoms with Gasteiger partial charge in [0.2, 0.25) is 0 Å².